The lowest BCUT2D eigenvalue weighted by Gasteiger charge is -2.08. The Kier molecular flexibility index (Phi) is 6.81. The van der Waals surface area contributed by atoms with Crippen LogP contribution in [0.3, 0.4) is 0 Å². The van der Waals surface area contributed by atoms with Crippen LogP contribution in [0.4, 0.5) is 0 Å². The lowest BCUT2D eigenvalue weighted by Crippen LogP contribution is -2.07. The minimum absolute atomic E-state index is 0.273. The van der Waals surface area contributed by atoms with Gasteiger partial charge < -0.3 is 9.84 Å². The van der Waals surface area contributed by atoms with Gasteiger partial charge in [-0.1, -0.05) is 12.1 Å². The van der Waals surface area contributed by atoms with E-state index in [0.29, 0.717) is 17.0 Å². The summed E-state index contributed by atoms with van der Waals surface area (Å²) in [6.45, 7) is 1.99. The van der Waals surface area contributed by atoms with Gasteiger partial charge in [0.2, 0.25) is 0 Å². The monoisotopic (exact) mass is 296 g/mol. The van der Waals surface area contributed by atoms with Crippen LogP contribution in [0.15, 0.2) is 24.3 Å². The van der Waals surface area contributed by atoms with Gasteiger partial charge in [0.05, 0.1) is 12.2 Å². The predicted molar refractivity (Wildman–Crippen MR) is 78.1 cm³/mol. The van der Waals surface area contributed by atoms with E-state index in [-0.39, 0.29) is 6.61 Å². The van der Waals surface area contributed by atoms with Gasteiger partial charge in [0.1, 0.15) is 0 Å². The number of ether oxygens (including phenoxy) is 1. The van der Waals surface area contributed by atoms with E-state index >= 15 is 0 Å². The van der Waals surface area contributed by atoms with Crippen LogP contribution in [0.25, 0.3) is 6.08 Å². The number of carbonyl (C=O) groups excluding carboxylic acids is 1. The third kappa shape index (κ3) is 5.05. The number of carboxylic acids is 1. The fourth-order valence-electron chi connectivity index (χ4n) is 1.73. The number of carboxylic acid groups (broad SMARTS) is 1. The smallest absolute Gasteiger partial charge is 0.338 e. The number of carbonyl (C=O) groups is 2. The largest absolute Gasteiger partial charge is 0.478 e. The quantitative estimate of drug-likeness (QED) is 0.477. The summed E-state index contributed by atoms with van der Waals surface area (Å²) in [6.07, 6.45) is 4.01. The maximum Gasteiger partial charge on any atom is 0.338 e. The zero-order chi connectivity index (χ0) is 15.0. The molecule has 20 heavy (non-hydrogen) atoms. The minimum atomic E-state index is -1.06. The van der Waals surface area contributed by atoms with Crippen molar-refractivity contribution < 1.29 is 19.4 Å². The second-order valence-electron chi connectivity index (χ2n) is 4.11. The van der Waals surface area contributed by atoms with Crippen LogP contribution in [-0.2, 0) is 16.0 Å². The van der Waals surface area contributed by atoms with Crippen molar-refractivity contribution in [3.63, 3.8) is 0 Å². The van der Waals surface area contributed by atoms with Crippen LogP contribution >= 0.6 is 11.6 Å². The molecule has 5 heteroatoms. The van der Waals surface area contributed by atoms with Crippen LogP contribution < -0.4 is 0 Å². The first-order chi connectivity index (χ1) is 9.58. The van der Waals surface area contributed by atoms with Gasteiger partial charge in [0, 0.05) is 12.0 Å². The van der Waals surface area contributed by atoms with Gasteiger partial charge in [0.15, 0.2) is 0 Å². The fraction of sp³-hybridized carbons (Fsp3) is 0.333. The molecule has 0 spiro atoms. The summed E-state index contributed by atoms with van der Waals surface area (Å²) >= 11 is 5.65. The molecule has 108 valence electrons. The third-order valence-electron chi connectivity index (χ3n) is 2.62. The van der Waals surface area contributed by atoms with E-state index in [1.165, 1.54) is 6.08 Å². The number of hydrogen-bond donors (Lipinski definition) is 1. The van der Waals surface area contributed by atoms with Crippen molar-refractivity contribution in [2.75, 3.05) is 12.5 Å². The average Bonchev–Trinajstić information content (AvgIpc) is 2.43. The zero-order valence-electron chi connectivity index (χ0n) is 11.3. The Bertz CT molecular complexity index is 509. The summed E-state index contributed by atoms with van der Waals surface area (Å²) in [6, 6.07) is 5.28. The first kappa shape index (κ1) is 16.2. The third-order valence-corrected chi connectivity index (χ3v) is 2.88. The molecule has 0 radical (unpaired) electrons. The number of alkyl halides is 1. The van der Waals surface area contributed by atoms with Gasteiger partial charge in [-0.15, -0.1) is 11.6 Å². The summed E-state index contributed by atoms with van der Waals surface area (Å²) in [5.41, 5.74) is 1.90. The minimum Gasteiger partial charge on any atom is -0.478 e. The molecule has 0 aliphatic carbocycles. The molecule has 0 fully saturated rings. The summed E-state index contributed by atoms with van der Waals surface area (Å²) in [5.74, 6) is -0.965. The van der Waals surface area contributed by atoms with E-state index in [2.05, 4.69) is 0 Å². The second-order valence-corrected chi connectivity index (χ2v) is 4.48. The van der Waals surface area contributed by atoms with Crippen molar-refractivity contribution in [3.05, 3.63) is 41.0 Å². The molecule has 0 aliphatic rings. The van der Waals surface area contributed by atoms with Gasteiger partial charge in [-0.3, -0.25) is 0 Å². The first-order valence-electron chi connectivity index (χ1n) is 6.35. The molecule has 0 aliphatic heterocycles. The maximum atomic E-state index is 11.8. The highest BCUT2D eigenvalue weighted by molar-refractivity contribution is 6.17. The van der Waals surface area contributed by atoms with E-state index in [1.807, 2.05) is 6.07 Å². The molecular formula is C15H17ClO4. The highest BCUT2D eigenvalue weighted by Gasteiger charge is 2.11. The Morgan fingerprint density at radius 1 is 1.40 bits per heavy atom. The summed E-state index contributed by atoms with van der Waals surface area (Å²) in [5, 5.41) is 8.70. The Morgan fingerprint density at radius 3 is 2.75 bits per heavy atom. The molecule has 1 N–H and O–H groups in total. The van der Waals surface area contributed by atoms with Gasteiger partial charge >= 0.3 is 11.9 Å². The Morgan fingerprint density at radius 2 is 2.15 bits per heavy atom. The van der Waals surface area contributed by atoms with Gasteiger partial charge in [-0.25, -0.2) is 9.59 Å². The lowest BCUT2D eigenvalue weighted by molar-refractivity contribution is -0.131. The molecule has 0 saturated heterocycles. The zero-order valence-corrected chi connectivity index (χ0v) is 12.0. The maximum absolute atomic E-state index is 11.8. The van der Waals surface area contributed by atoms with Gasteiger partial charge in [-0.05, 0) is 43.0 Å². The molecule has 0 bridgehead atoms. The molecule has 1 aromatic rings. The van der Waals surface area contributed by atoms with Crippen molar-refractivity contribution in [1.82, 2.24) is 0 Å². The van der Waals surface area contributed by atoms with Crippen LogP contribution in [0.2, 0.25) is 0 Å². The first-order valence-corrected chi connectivity index (χ1v) is 6.89. The SMILES string of the molecule is CCOC(=O)c1ccc(CCCCl)cc1/C=C/C(=O)O. The fourth-order valence-corrected chi connectivity index (χ4v) is 1.87. The van der Waals surface area contributed by atoms with Crippen molar-refractivity contribution in [1.29, 1.82) is 0 Å². The predicted octanol–water partition coefficient (Wildman–Crippen LogP) is 3.13. The molecule has 0 atom stereocenters. The average molecular weight is 297 g/mol. The normalized spacial score (nSPS) is 10.7. The lowest BCUT2D eigenvalue weighted by atomic mass is 10.0. The number of hydrogen-bond acceptors (Lipinski definition) is 3. The summed E-state index contributed by atoms with van der Waals surface area (Å²) in [4.78, 5) is 22.4. The molecule has 1 aromatic carbocycles. The van der Waals surface area contributed by atoms with Crippen LogP contribution in [-0.4, -0.2) is 29.5 Å². The van der Waals surface area contributed by atoms with Crippen molar-refractivity contribution in [3.8, 4) is 0 Å². The highest BCUT2D eigenvalue weighted by Crippen LogP contribution is 2.17. The number of benzene rings is 1. The number of aliphatic carboxylic acids is 1. The van der Waals surface area contributed by atoms with Crippen LogP contribution in [0.1, 0.15) is 34.8 Å². The Labute approximate surface area is 123 Å². The molecule has 4 nitrogen and oxygen atoms in total. The van der Waals surface area contributed by atoms with E-state index in [4.69, 9.17) is 21.4 Å². The Hall–Kier alpha value is -1.81. The molecule has 0 unspecified atom stereocenters. The second kappa shape index (κ2) is 8.38. The molecule has 0 amide bonds. The molecule has 0 saturated carbocycles. The molecule has 0 aromatic heterocycles. The van der Waals surface area contributed by atoms with Crippen molar-refractivity contribution in [2.24, 2.45) is 0 Å². The molecule has 1 rings (SSSR count). The summed E-state index contributed by atoms with van der Waals surface area (Å²) < 4.78 is 4.96. The number of aryl methyl sites for hydroxylation is 1. The van der Waals surface area contributed by atoms with Gasteiger partial charge in [-0.2, -0.15) is 0 Å². The topological polar surface area (TPSA) is 63.6 Å². The van der Waals surface area contributed by atoms with E-state index in [0.717, 1.165) is 24.5 Å². The molecular weight excluding hydrogens is 280 g/mol. The van der Waals surface area contributed by atoms with E-state index < -0.39 is 11.9 Å². The number of esters is 1. The standard InChI is InChI=1S/C15H17ClO4/c1-2-20-15(19)13-7-5-11(4-3-9-16)10-12(13)6-8-14(17)18/h5-8,10H,2-4,9H2,1H3,(H,17,18)/b8-6+. The number of halogens is 1. The van der Waals surface area contributed by atoms with E-state index in [9.17, 15) is 9.59 Å². The molecule has 0 heterocycles. The van der Waals surface area contributed by atoms with Gasteiger partial charge in [0.25, 0.3) is 0 Å². The summed E-state index contributed by atoms with van der Waals surface area (Å²) in [7, 11) is 0. The number of rotatable bonds is 7. The van der Waals surface area contributed by atoms with Crippen LogP contribution in [0, 0.1) is 0 Å². The highest BCUT2D eigenvalue weighted by atomic mass is 35.5. The van der Waals surface area contributed by atoms with Crippen LogP contribution in [0.5, 0.6) is 0 Å². The van der Waals surface area contributed by atoms with E-state index in [1.54, 1.807) is 19.1 Å². The van der Waals surface area contributed by atoms with Crippen molar-refractivity contribution >= 4 is 29.6 Å². The Balaban J connectivity index is 3.08. The van der Waals surface area contributed by atoms with Crippen molar-refractivity contribution in [2.45, 2.75) is 19.8 Å².